The van der Waals surface area contributed by atoms with E-state index in [0.717, 1.165) is 5.56 Å². The SMILES string of the molecule is Cc1ccc2oc(N=C=O)nc2c1. The van der Waals surface area contributed by atoms with E-state index >= 15 is 0 Å². The molecular formula is C9H6N2O2. The molecule has 1 heterocycles. The summed E-state index contributed by atoms with van der Waals surface area (Å²) < 4.78 is 5.12. The number of aliphatic imine (C=N–C) groups is 1. The third-order valence-corrected chi connectivity index (χ3v) is 1.67. The number of benzene rings is 1. The fourth-order valence-corrected chi connectivity index (χ4v) is 1.11. The van der Waals surface area contributed by atoms with E-state index in [1.807, 2.05) is 19.1 Å². The van der Waals surface area contributed by atoms with Crippen LogP contribution in [0.4, 0.5) is 6.01 Å². The second-order valence-corrected chi connectivity index (χ2v) is 2.67. The van der Waals surface area contributed by atoms with Gasteiger partial charge in [-0.2, -0.15) is 4.98 Å². The van der Waals surface area contributed by atoms with Crippen LogP contribution in [0.15, 0.2) is 27.6 Å². The molecule has 0 aliphatic heterocycles. The molecule has 0 aliphatic rings. The number of rotatable bonds is 1. The Bertz CT molecular complexity index is 495. The van der Waals surface area contributed by atoms with Gasteiger partial charge < -0.3 is 4.42 Å². The average Bonchev–Trinajstić information content (AvgIpc) is 2.46. The molecule has 1 aromatic heterocycles. The molecule has 0 radical (unpaired) electrons. The summed E-state index contributed by atoms with van der Waals surface area (Å²) in [5.74, 6) is 0. The second-order valence-electron chi connectivity index (χ2n) is 2.67. The fourth-order valence-electron chi connectivity index (χ4n) is 1.11. The Balaban J connectivity index is 2.68. The monoisotopic (exact) mass is 174 g/mol. The molecule has 0 saturated carbocycles. The molecule has 0 N–H and O–H groups in total. The molecule has 4 nitrogen and oxygen atoms in total. The maximum Gasteiger partial charge on any atom is 0.333 e. The molecule has 2 rings (SSSR count). The number of oxazole rings is 1. The summed E-state index contributed by atoms with van der Waals surface area (Å²) in [5.41, 5.74) is 2.41. The van der Waals surface area contributed by atoms with E-state index in [2.05, 4.69) is 9.98 Å². The van der Waals surface area contributed by atoms with E-state index < -0.39 is 0 Å². The first-order chi connectivity index (χ1) is 6.29. The van der Waals surface area contributed by atoms with Gasteiger partial charge in [0.1, 0.15) is 5.52 Å². The summed E-state index contributed by atoms with van der Waals surface area (Å²) in [6, 6.07) is 5.61. The maximum absolute atomic E-state index is 9.93. The van der Waals surface area contributed by atoms with Crippen LogP contribution in [0.25, 0.3) is 11.1 Å². The largest absolute Gasteiger partial charge is 0.421 e. The number of hydrogen-bond donors (Lipinski definition) is 0. The highest BCUT2D eigenvalue weighted by Crippen LogP contribution is 2.20. The van der Waals surface area contributed by atoms with Crippen molar-refractivity contribution in [1.82, 2.24) is 4.98 Å². The Morgan fingerprint density at radius 1 is 1.54 bits per heavy atom. The zero-order chi connectivity index (χ0) is 9.26. The molecule has 4 heteroatoms. The topological polar surface area (TPSA) is 55.5 Å². The predicted octanol–water partition coefficient (Wildman–Crippen LogP) is 2.10. The van der Waals surface area contributed by atoms with Gasteiger partial charge in [0, 0.05) is 0 Å². The van der Waals surface area contributed by atoms with Gasteiger partial charge in [-0.3, -0.25) is 0 Å². The molecule has 0 amide bonds. The molecule has 2 aromatic rings. The van der Waals surface area contributed by atoms with E-state index in [0.29, 0.717) is 11.1 Å². The van der Waals surface area contributed by atoms with Crippen molar-refractivity contribution in [2.45, 2.75) is 6.92 Å². The summed E-state index contributed by atoms with van der Waals surface area (Å²) in [7, 11) is 0. The molecule has 0 saturated heterocycles. The lowest BCUT2D eigenvalue weighted by Crippen LogP contribution is -1.70. The predicted molar refractivity (Wildman–Crippen MR) is 46.5 cm³/mol. The van der Waals surface area contributed by atoms with Gasteiger partial charge in [-0.1, -0.05) is 6.07 Å². The van der Waals surface area contributed by atoms with Crippen molar-refractivity contribution < 1.29 is 9.21 Å². The summed E-state index contributed by atoms with van der Waals surface area (Å²) in [6.07, 6.45) is 1.38. The molecule has 1 aromatic carbocycles. The lowest BCUT2D eigenvalue weighted by atomic mass is 10.2. The van der Waals surface area contributed by atoms with Crippen molar-refractivity contribution >= 4 is 23.2 Å². The van der Waals surface area contributed by atoms with Crippen LogP contribution in [0.3, 0.4) is 0 Å². The smallest absolute Gasteiger partial charge is 0.333 e. The normalized spacial score (nSPS) is 9.92. The van der Waals surface area contributed by atoms with Crippen molar-refractivity contribution in [2.24, 2.45) is 4.99 Å². The van der Waals surface area contributed by atoms with Crippen LogP contribution >= 0.6 is 0 Å². The molecule has 0 spiro atoms. The zero-order valence-corrected chi connectivity index (χ0v) is 6.94. The number of fused-ring (bicyclic) bond motifs is 1. The van der Waals surface area contributed by atoms with Gasteiger partial charge in [-0.15, -0.1) is 4.99 Å². The Kier molecular flexibility index (Phi) is 1.69. The van der Waals surface area contributed by atoms with Crippen LogP contribution in [-0.2, 0) is 4.79 Å². The van der Waals surface area contributed by atoms with Gasteiger partial charge in [0.15, 0.2) is 5.58 Å². The first kappa shape index (κ1) is 7.71. The quantitative estimate of drug-likeness (QED) is 0.491. The third-order valence-electron chi connectivity index (χ3n) is 1.67. The van der Waals surface area contributed by atoms with Crippen molar-refractivity contribution in [3.05, 3.63) is 23.8 Å². The summed E-state index contributed by atoms with van der Waals surface area (Å²) >= 11 is 0. The van der Waals surface area contributed by atoms with Crippen LogP contribution in [0.2, 0.25) is 0 Å². The fraction of sp³-hybridized carbons (Fsp3) is 0.111. The van der Waals surface area contributed by atoms with Crippen molar-refractivity contribution in [2.75, 3.05) is 0 Å². The number of hydrogen-bond acceptors (Lipinski definition) is 4. The number of nitrogens with zero attached hydrogens (tertiary/aromatic N) is 2. The van der Waals surface area contributed by atoms with E-state index in [4.69, 9.17) is 4.42 Å². The number of carbonyl (C=O) groups excluding carboxylic acids is 1. The Labute approximate surface area is 73.9 Å². The lowest BCUT2D eigenvalue weighted by molar-refractivity contribution is 0.560. The van der Waals surface area contributed by atoms with Gasteiger partial charge >= 0.3 is 6.01 Å². The minimum Gasteiger partial charge on any atom is -0.421 e. The molecule has 0 fully saturated rings. The zero-order valence-electron chi connectivity index (χ0n) is 6.94. The van der Waals surface area contributed by atoms with E-state index in [9.17, 15) is 4.79 Å². The van der Waals surface area contributed by atoms with Crippen LogP contribution < -0.4 is 0 Å². The molecule has 64 valence electrons. The Morgan fingerprint density at radius 2 is 2.38 bits per heavy atom. The molecule has 0 bridgehead atoms. The molecule has 0 atom stereocenters. The second kappa shape index (κ2) is 2.84. The van der Waals surface area contributed by atoms with Gasteiger partial charge in [-0.05, 0) is 24.6 Å². The van der Waals surface area contributed by atoms with E-state index in [-0.39, 0.29) is 6.01 Å². The number of isocyanates is 1. The van der Waals surface area contributed by atoms with Crippen LogP contribution in [-0.4, -0.2) is 11.1 Å². The summed E-state index contributed by atoms with van der Waals surface area (Å²) in [6.45, 7) is 1.96. The molecule has 0 aliphatic carbocycles. The van der Waals surface area contributed by atoms with Crippen molar-refractivity contribution in [3.63, 3.8) is 0 Å². The Morgan fingerprint density at radius 3 is 3.15 bits per heavy atom. The highest BCUT2D eigenvalue weighted by Gasteiger charge is 2.03. The molecule has 13 heavy (non-hydrogen) atoms. The lowest BCUT2D eigenvalue weighted by Gasteiger charge is -1.87. The van der Waals surface area contributed by atoms with Crippen molar-refractivity contribution in [1.29, 1.82) is 0 Å². The van der Waals surface area contributed by atoms with E-state index in [1.165, 1.54) is 6.08 Å². The first-order valence-corrected chi connectivity index (χ1v) is 3.74. The maximum atomic E-state index is 9.93. The highest BCUT2D eigenvalue weighted by molar-refractivity contribution is 5.75. The average molecular weight is 174 g/mol. The van der Waals surface area contributed by atoms with Gasteiger partial charge in [0.05, 0.1) is 0 Å². The van der Waals surface area contributed by atoms with Crippen LogP contribution in [0.1, 0.15) is 5.56 Å². The molecular weight excluding hydrogens is 168 g/mol. The van der Waals surface area contributed by atoms with Gasteiger partial charge in [0.25, 0.3) is 0 Å². The van der Waals surface area contributed by atoms with Crippen LogP contribution in [0, 0.1) is 6.92 Å². The summed E-state index contributed by atoms with van der Waals surface area (Å²) in [4.78, 5) is 17.2. The standard InChI is InChI=1S/C9H6N2O2/c1-6-2-3-8-7(4-6)11-9(13-8)10-5-12/h2-4H,1H3. The van der Waals surface area contributed by atoms with Gasteiger partial charge in [-0.25, -0.2) is 4.79 Å². The Hall–Kier alpha value is -1.93. The number of aryl methyl sites for hydroxylation is 1. The first-order valence-electron chi connectivity index (χ1n) is 3.74. The van der Waals surface area contributed by atoms with E-state index in [1.54, 1.807) is 6.07 Å². The van der Waals surface area contributed by atoms with Crippen LogP contribution in [0.5, 0.6) is 0 Å². The van der Waals surface area contributed by atoms with Gasteiger partial charge in [0.2, 0.25) is 6.08 Å². The van der Waals surface area contributed by atoms with Crippen molar-refractivity contribution in [3.8, 4) is 0 Å². The minimum atomic E-state index is 0.0515. The number of aromatic nitrogens is 1. The minimum absolute atomic E-state index is 0.0515. The third kappa shape index (κ3) is 1.35. The highest BCUT2D eigenvalue weighted by atomic mass is 16.4. The summed E-state index contributed by atoms with van der Waals surface area (Å²) in [5, 5.41) is 0. The molecule has 0 unspecified atom stereocenters.